The lowest BCUT2D eigenvalue weighted by molar-refractivity contribution is -0.143. The first-order valence-electron chi connectivity index (χ1n) is 9.14. The van der Waals surface area contributed by atoms with Crippen molar-refractivity contribution in [3.63, 3.8) is 0 Å². The van der Waals surface area contributed by atoms with Crippen molar-refractivity contribution >= 4 is 22.7 Å². The van der Waals surface area contributed by atoms with Crippen molar-refractivity contribution in [2.45, 2.75) is 13.0 Å². The van der Waals surface area contributed by atoms with Crippen molar-refractivity contribution in [2.75, 3.05) is 19.8 Å². The summed E-state index contributed by atoms with van der Waals surface area (Å²) >= 11 is 0. The van der Waals surface area contributed by atoms with E-state index in [2.05, 4.69) is 4.98 Å². The van der Waals surface area contributed by atoms with E-state index in [0.717, 1.165) is 11.0 Å². The summed E-state index contributed by atoms with van der Waals surface area (Å²) in [5.74, 6) is -0.00227. The molecule has 4 rings (SSSR count). The highest BCUT2D eigenvalue weighted by Crippen LogP contribution is 2.30. The molecule has 0 atom stereocenters. The summed E-state index contributed by atoms with van der Waals surface area (Å²) in [6, 6.07) is 11.7. The summed E-state index contributed by atoms with van der Waals surface area (Å²) < 4.78 is 17.3. The Morgan fingerprint density at radius 3 is 2.72 bits per heavy atom. The van der Waals surface area contributed by atoms with Gasteiger partial charge in [0.25, 0.3) is 5.56 Å². The second-order valence-electron chi connectivity index (χ2n) is 6.49. The number of benzene rings is 2. The van der Waals surface area contributed by atoms with Gasteiger partial charge in [0, 0.05) is 12.0 Å². The number of carbonyl (C=O) groups is 2. The van der Waals surface area contributed by atoms with Crippen LogP contribution in [0.5, 0.6) is 11.5 Å². The van der Waals surface area contributed by atoms with Crippen molar-refractivity contribution in [1.82, 2.24) is 9.55 Å². The van der Waals surface area contributed by atoms with E-state index < -0.39 is 12.6 Å². The fourth-order valence-corrected chi connectivity index (χ4v) is 2.97. The molecule has 2 heterocycles. The molecule has 1 aliphatic rings. The normalized spacial score (nSPS) is 13.0. The molecule has 1 aromatic heterocycles. The summed E-state index contributed by atoms with van der Waals surface area (Å²) in [5.41, 5.74) is 0.556. The van der Waals surface area contributed by atoms with Crippen LogP contribution in [0.15, 0.2) is 53.6 Å². The second kappa shape index (κ2) is 8.14. The molecule has 0 aliphatic carbocycles. The van der Waals surface area contributed by atoms with E-state index in [4.69, 9.17) is 14.2 Å². The average molecular weight is 394 g/mol. The highest BCUT2D eigenvalue weighted by molar-refractivity contribution is 5.98. The number of aromatic nitrogens is 2. The van der Waals surface area contributed by atoms with Crippen LogP contribution in [-0.4, -0.2) is 41.1 Å². The van der Waals surface area contributed by atoms with Crippen LogP contribution in [0.3, 0.4) is 0 Å². The summed E-state index contributed by atoms with van der Waals surface area (Å²) in [5, 5.41) is 0.408. The van der Waals surface area contributed by atoms with Crippen LogP contribution in [-0.2, 0) is 16.1 Å². The fourth-order valence-electron chi connectivity index (χ4n) is 2.97. The number of Topliss-reactive ketones (excluding diaryl/α,β-unsaturated/α-hetero) is 1. The number of ketones is 1. The predicted octanol–water partition coefficient (Wildman–Crippen LogP) is 1.98. The maximum atomic E-state index is 12.4. The molecule has 0 saturated carbocycles. The Labute approximate surface area is 165 Å². The standard InChI is InChI=1S/C21H18N2O6/c24-17(14-6-7-18-19(10-14)28-9-3-8-27-18)12-29-20(25)11-23-13-22-16-5-2-1-4-15(16)21(23)26/h1-2,4-7,10,13H,3,8-9,11-12H2. The summed E-state index contributed by atoms with van der Waals surface area (Å²) in [4.78, 5) is 41.0. The summed E-state index contributed by atoms with van der Waals surface area (Å²) in [6.45, 7) is 0.300. The predicted molar refractivity (Wildman–Crippen MR) is 103 cm³/mol. The van der Waals surface area contributed by atoms with Gasteiger partial charge in [0.05, 0.1) is 30.4 Å². The first-order chi connectivity index (χ1) is 14.1. The van der Waals surface area contributed by atoms with Gasteiger partial charge in [-0.1, -0.05) is 12.1 Å². The Hall–Kier alpha value is -3.68. The van der Waals surface area contributed by atoms with E-state index >= 15 is 0 Å². The van der Waals surface area contributed by atoms with Crippen molar-refractivity contribution in [1.29, 1.82) is 0 Å². The van der Waals surface area contributed by atoms with Gasteiger partial charge < -0.3 is 14.2 Å². The minimum Gasteiger partial charge on any atom is -0.490 e. The molecular weight excluding hydrogens is 376 g/mol. The van der Waals surface area contributed by atoms with Crippen molar-refractivity contribution in [3.05, 3.63) is 64.7 Å². The molecule has 0 saturated heterocycles. The number of hydrogen-bond donors (Lipinski definition) is 0. The Morgan fingerprint density at radius 2 is 1.86 bits per heavy atom. The molecule has 29 heavy (non-hydrogen) atoms. The zero-order valence-electron chi connectivity index (χ0n) is 15.5. The quantitative estimate of drug-likeness (QED) is 0.482. The Balaban J connectivity index is 1.40. The van der Waals surface area contributed by atoms with Crippen LogP contribution >= 0.6 is 0 Å². The first kappa shape index (κ1) is 18.7. The van der Waals surface area contributed by atoms with Crippen molar-refractivity contribution in [3.8, 4) is 11.5 Å². The molecule has 8 nitrogen and oxygen atoms in total. The SMILES string of the molecule is O=C(Cn1cnc2ccccc2c1=O)OCC(=O)c1ccc2c(c1)OCCCO2. The number of para-hydroxylation sites is 1. The third-order valence-corrected chi connectivity index (χ3v) is 4.46. The van der Waals surface area contributed by atoms with Gasteiger partial charge in [-0.25, -0.2) is 4.98 Å². The van der Waals surface area contributed by atoms with E-state index in [1.807, 2.05) is 0 Å². The lowest BCUT2D eigenvalue weighted by atomic mass is 10.1. The minimum atomic E-state index is -0.702. The molecule has 0 bridgehead atoms. The van der Waals surface area contributed by atoms with Gasteiger partial charge in [-0.3, -0.25) is 19.0 Å². The van der Waals surface area contributed by atoms with Gasteiger partial charge in [-0.05, 0) is 30.3 Å². The molecule has 0 fully saturated rings. The van der Waals surface area contributed by atoms with Crippen LogP contribution in [0.25, 0.3) is 10.9 Å². The molecule has 0 N–H and O–H groups in total. The molecule has 0 unspecified atom stereocenters. The molecule has 1 aliphatic heterocycles. The van der Waals surface area contributed by atoms with Crippen LogP contribution in [0, 0.1) is 0 Å². The maximum Gasteiger partial charge on any atom is 0.326 e. The Kier molecular flexibility index (Phi) is 5.24. The van der Waals surface area contributed by atoms with Gasteiger partial charge in [-0.2, -0.15) is 0 Å². The van der Waals surface area contributed by atoms with Gasteiger partial charge in [0.1, 0.15) is 6.54 Å². The van der Waals surface area contributed by atoms with Gasteiger partial charge in [-0.15, -0.1) is 0 Å². The summed E-state index contributed by atoms with van der Waals surface area (Å²) in [7, 11) is 0. The zero-order valence-corrected chi connectivity index (χ0v) is 15.5. The molecule has 148 valence electrons. The Morgan fingerprint density at radius 1 is 1.07 bits per heavy atom. The lowest BCUT2D eigenvalue weighted by Gasteiger charge is -2.10. The van der Waals surface area contributed by atoms with Crippen LogP contribution in [0.2, 0.25) is 0 Å². The van der Waals surface area contributed by atoms with Crippen LogP contribution in [0.4, 0.5) is 0 Å². The molecule has 0 amide bonds. The topological polar surface area (TPSA) is 96.7 Å². The number of carbonyl (C=O) groups excluding carboxylic acids is 2. The Bertz CT molecular complexity index is 1140. The monoisotopic (exact) mass is 394 g/mol. The number of nitrogens with zero attached hydrogens (tertiary/aromatic N) is 2. The summed E-state index contributed by atoms with van der Waals surface area (Å²) in [6.07, 6.45) is 2.05. The van der Waals surface area contributed by atoms with E-state index in [0.29, 0.717) is 41.2 Å². The number of ether oxygens (including phenoxy) is 3. The van der Waals surface area contributed by atoms with Crippen molar-refractivity contribution in [2.24, 2.45) is 0 Å². The van der Waals surface area contributed by atoms with Crippen molar-refractivity contribution < 1.29 is 23.8 Å². The molecule has 0 spiro atoms. The highest BCUT2D eigenvalue weighted by atomic mass is 16.5. The van der Waals surface area contributed by atoms with E-state index in [-0.39, 0.29) is 17.9 Å². The number of esters is 1. The van der Waals surface area contributed by atoms with E-state index in [9.17, 15) is 14.4 Å². The highest BCUT2D eigenvalue weighted by Gasteiger charge is 2.16. The number of rotatable bonds is 5. The smallest absolute Gasteiger partial charge is 0.326 e. The van der Waals surface area contributed by atoms with Gasteiger partial charge in [0.2, 0.25) is 0 Å². The molecule has 8 heteroatoms. The van der Waals surface area contributed by atoms with Crippen LogP contribution < -0.4 is 15.0 Å². The third-order valence-electron chi connectivity index (χ3n) is 4.46. The van der Waals surface area contributed by atoms with Crippen LogP contribution in [0.1, 0.15) is 16.8 Å². The molecule has 0 radical (unpaired) electrons. The molecular formula is C21H18N2O6. The fraction of sp³-hybridized carbons (Fsp3) is 0.238. The first-order valence-corrected chi connectivity index (χ1v) is 9.14. The second-order valence-corrected chi connectivity index (χ2v) is 6.49. The van der Waals surface area contributed by atoms with E-state index in [1.165, 1.54) is 6.33 Å². The minimum absolute atomic E-state index is 0.328. The zero-order chi connectivity index (χ0) is 20.2. The lowest BCUT2D eigenvalue weighted by Crippen LogP contribution is -2.26. The maximum absolute atomic E-state index is 12.4. The average Bonchev–Trinajstić information content (AvgIpc) is 2.99. The molecule has 3 aromatic rings. The number of fused-ring (bicyclic) bond motifs is 2. The number of hydrogen-bond acceptors (Lipinski definition) is 7. The van der Waals surface area contributed by atoms with Gasteiger partial charge in [0.15, 0.2) is 23.9 Å². The van der Waals surface area contributed by atoms with E-state index in [1.54, 1.807) is 42.5 Å². The third kappa shape index (κ3) is 4.11. The largest absolute Gasteiger partial charge is 0.490 e. The van der Waals surface area contributed by atoms with Gasteiger partial charge >= 0.3 is 5.97 Å². The molecule has 2 aromatic carbocycles.